The van der Waals surface area contributed by atoms with Gasteiger partial charge in [0.15, 0.2) is 5.65 Å². The van der Waals surface area contributed by atoms with Gasteiger partial charge in [0.2, 0.25) is 5.91 Å². The van der Waals surface area contributed by atoms with Crippen molar-refractivity contribution in [1.29, 1.82) is 0 Å². The van der Waals surface area contributed by atoms with Crippen LogP contribution in [0.25, 0.3) is 16.6 Å². The quantitative estimate of drug-likeness (QED) is 0.540. The first-order valence-corrected chi connectivity index (χ1v) is 9.85. The van der Waals surface area contributed by atoms with E-state index >= 15 is 0 Å². The van der Waals surface area contributed by atoms with E-state index < -0.39 is 6.04 Å². The van der Waals surface area contributed by atoms with Gasteiger partial charge in [0.05, 0.1) is 16.2 Å². The highest BCUT2D eigenvalue weighted by Crippen LogP contribution is 2.29. The molecule has 2 heterocycles. The molecule has 0 saturated heterocycles. The van der Waals surface area contributed by atoms with Gasteiger partial charge in [-0.25, -0.2) is 4.52 Å². The van der Waals surface area contributed by atoms with Gasteiger partial charge in [0, 0.05) is 17.1 Å². The average Bonchev–Trinajstić information content (AvgIpc) is 3.00. The molecule has 0 fully saturated rings. The Balaban J connectivity index is 1.88. The molecule has 0 aliphatic carbocycles. The van der Waals surface area contributed by atoms with Crippen molar-refractivity contribution in [3.8, 4) is 0 Å². The number of aryl methyl sites for hydroxylation is 2. The van der Waals surface area contributed by atoms with Crippen molar-refractivity contribution in [2.75, 3.05) is 5.32 Å². The highest BCUT2D eigenvalue weighted by atomic mass is 35.5. The second-order valence-electron chi connectivity index (χ2n) is 7.13. The first-order chi connectivity index (χ1) is 13.9. The normalized spacial score (nSPS) is 12.4. The molecule has 0 bridgehead atoms. The number of carbonyl (C=O) groups is 1. The van der Waals surface area contributed by atoms with E-state index in [9.17, 15) is 9.59 Å². The van der Waals surface area contributed by atoms with Crippen LogP contribution in [0.3, 0.4) is 0 Å². The number of aromatic nitrogens is 3. The summed E-state index contributed by atoms with van der Waals surface area (Å²) in [6.07, 6.45) is 0.550. The molecule has 0 saturated carbocycles. The Hall–Kier alpha value is -3.12. The molecule has 0 unspecified atom stereocenters. The molecule has 29 heavy (non-hydrogen) atoms. The van der Waals surface area contributed by atoms with E-state index in [2.05, 4.69) is 10.3 Å². The molecule has 7 heteroatoms. The predicted octanol–water partition coefficient (Wildman–Crippen LogP) is 4.51. The van der Waals surface area contributed by atoms with E-state index in [0.29, 0.717) is 22.8 Å². The molecular formula is C22H21ClN4O2. The molecule has 2 aromatic heterocycles. The molecule has 6 nitrogen and oxygen atoms in total. The lowest BCUT2D eigenvalue weighted by molar-refractivity contribution is -0.119. The maximum Gasteiger partial charge on any atom is 0.273 e. The van der Waals surface area contributed by atoms with E-state index in [1.165, 1.54) is 6.07 Å². The Bertz CT molecular complexity index is 1310. The number of para-hydroxylation sites is 1. The lowest BCUT2D eigenvalue weighted by Gasteiger charge is -2.21. The summed E-state index contributed by atoms with van der Waals surface area (Å²) in [5.41, 5.74) is 3.40. The maximum absolute atomic E-state index is 13.3. The van der Waals surface area contributed by atoms with Crippen LogP contribution in [0.5, 0.6) is 0 Å². The van der Waals surface area contributed by atoms with Gasteiger partial charge < -0.3 is 5.32 Å². The predicted molar refractivity (Wildman–Crippen MR) is 116 cm³/mol. The summed E-state index contributed by atoms with van der Waals surface area (Å²) in [5, 5.41) is 4.27. The van der Waals surface area contributed by atoms with Crippen LogP contribution in [0, 0.1) is 13.8 Å². The summed E-state index contributed by atoms with van der Waals surface area (Å²) in [6, 6.07) is 14.1. The Kier molecular flexibility index (Phi) is 4.88. The van der Waals surface area contributed by atoms with Gasteiger partial charge in [-0.1, -0.05) is 36.7 Å². The Morgan fingerprint density at radius 3 is 2.66 bits per heavy atom. The number of carbonyl (C=O) groups excluding carboxylic acids is 1. The first kappa shape index (κ1) is 19.2. The summed E-state index contributed by atoms with van der Waals surface area (Å²) in [5.74, 6) is -0.181. The summed E-state index contributed by atoms with van der Waals surface area (Å²) in [6.45, 7) is 5.74. The zero-order valence-corrected chi connectivity index (χ0v) is 17.2. The number of nitrogens with one attached hydrogen (secondary N) is 1. The number of rotatable bonds is 4. The Morgan fingerprint density at radius 1 is 1.17 bits per heavy atom. The smallest absolute Gasteiger partial charge is 0.273 e. The van der Waals surface area contributed by atoms with Crippen molar-refractivity contribution < 1.29 is 4.79 Å². The highest BCUT2D eigenvalue weighted by Gasteiger charge is 2.25. The molecule has 148 valence electrons. The minimum Gasteiger partial charge on any atom is -0.323 e. The molecule has 1 N–H and O–H groups in total. The molecule has 0 aliphatic rings. The zero-order valence-electron chi connectivity index (χ0n) is 16.4. The van der Waals surface area contributed by atoms with Gasteiger partial charge in [0.25, 0.3) is 5.56 Å². The fourth-order valence-corrected chi connectivity index (χ4v) is 4.00. The lowest BCUT2D eigenvalue weighted by Crippen LogP contribution is -2.29. The number of nitrogens with zero attached hydrogens (tertiary/aromatic N) is 3. The molecule has 4 rings (SSSR count). The van der Waals surface area contributed by atoms with Crippen LogP contribution in [0.2, 0.25) is 5.02 Å². The molecule has 0 aliphatic heterocycles. The van der Waals surface area contributed by atoms with Crippen LogP contribution < -0.4 is 10.9 Å². The second-order valence-corrected chi connectivity index (χ2v) is 7.54. The molecule has 0 spiro atoms. The van der Waals surface area contributed by atoms with Gasteiger partial charge in [-0.05, 0) is 50.1 Å². The number of anilines is 1. The van der Waals surface area contributed by atoms with Crippen molar-refractivity contribution >= 4 is 39.7 Å². The number of hydrogen-bond donors (Lipinski definition) is 1. The third-order valence-electron chi connectivity index (χ3n) is 5.06. The van der Waals surface area contributed by atoms with Crippen molar-refractivity contribution in [3.63, 3.8) is 0 Å². The summed E-state index contributed by atoms with van der Waals surface area (Å²) in [4.78, 5) is 29.5. The zero-order chi connectivity index (χ0) is 20.7. The molecule has 1 amide bonds. The largest absolute Gasteiger partial charge is 0.323 e. The van der Waals surface area contributed by atoms with E-state index in [1.54, 1.807) is 6.07 Å². The number of benzene rings is 2. The third-order valence-corrected chi connectivity index (χ3v) is 5.37. The van der Waals surface area contributed by atoms with Crippen LogP contribution >= 0.6 is 11.6 Å². The Labute approximate surface area is 172 Å². The van der Waals surface area contributed by atoms with Crippen molar-refractivity contribution in [1.82, 2.24) is 14.2 Å². The molecule has 4 aromatic rings. The standard InChI is InChI=1S/C22H21ClN4O2/c1-4-18(22(29)24-17-10-9-13(2)11-16(17)23)27-19-8-6-5-7-15(19)21-25-20(28)12-14(3)26(21)27/h5-12,18H,4H2,1-3H3,(H,24,29)/t18-/m0/s1. The van der Waals surface area contributed by atoms with E-state index in [1.807, 2.05) is 66.4 Å². The fourth-order valence-electron chi connectivity index (χ4n) is 3.72. The maximum atomic E-state index is 13.3. The highest BCUT2D eigenvalue weighted by molar-refractivity contribution is 6.33. The lowest BCUT2D eigenvalue weighted by atomic mass is 10.1. The van der Waals surface area contributed by atoms with Crippen LogP contribution in [0.15, 0.2) is 53.3 Å². The van der Waals surface area contributed by atoms with Crippen LogP contribution in [0.1, 0.15) is 30.6 Å². The van der Waals surface area contributed by atoms with E-state index in [4.69, 9.17) is 11.6 Å². The van der Waals surface area contributed by atoms with Gasteiger partial charge in [-0.2, -0.15) is 4.98 Å². The third kappa shape index (κ3) is 3.29. The van der Waals surface area contributed by atoms with Crippen LogP contribution in [-0.2, 0) is 4.79 Å². The molecule has 0 radical (unpaired) electrons. The van der Waals surface area contributed by atoms with Gasteiger partial charge in [-0.15, -0.1) is 0 Å². The minimum atomic E-state index is -0.516. The average molecular weight is 409 g/mol. The monoisotopic (exact) mass is 408 g/mol. The van der Waals surface area contributed by atoms with Gasteiger partial charge >= 0.3 is 0 Å². The Morgan fingerprint density at radius 2 is 1.93 bits per heavy atom. The molecular weight excluding hydrogens is 388 g/mol. The molecule has 2 aromatic carbocycles. The van der Waals surface area contributed by atoms with Gasteiger partial charge in [0.1, 0.15) is 6.04 Å². The van der Waals surface area contributed by atoms with Gasteiger partial charge in [-0.3, -0.25) is 14.3 Å². The van der Waals surface area contributed by atoms with Crippen molar-refractivity contribution in [2.45, 2.75) is 33.2 Å². The van der Waals surface area contributed by atoms with Crippen molar-refractivity contribution in [2.24, 2.45) is 0 Å². The van der Waals surface area contributed by atoms with E-state index in [0.717, 1.165) is 22.2 Å². The SMILES string of the molecule is CC[C@@H](C(=O)Nc1ccc(C)cc1Cl)n1c2ccccc2c2nc(=O)cc(C)n21. The topological polar surface area (TPSA) is 68.4 Å². The van der Waals surface area contributed by atoms with Crippen LogP contribution in [-0.4, -0.2) is 20.1 Å². The molecule has 1 atom stereocenters. The summed E-state index contributed by atoms with van der Waals surface area (Å²) < 4.78 is 3.75. The van der Waals surface area contributed by atoms with Crippen molar-refractivity contribution in [3.05, 3.63) is 75.2 Å². The number of fused-ring (bicyclic) bond motifs is 3. The van der Waals surface area contributed by atoms with Crippen LogP contribution in [0.4, 0.5) is 5.69 Å². The number of halogens is 1. The fraction of sp³-hybridized carbons (Fsp3) is 0.227. The first-order valence-electron chi connectivity index (χ1n) is 9.47. The summed E-state index contributed by atoms with van der Waals surface area (Å²) in [7, 11) is 0. The summed E-state index contributed by atoms with van der Waals surface area (Å²) >= 11 is 6.31. The second kappa shape index (κ2) is 7.37. The minimum absolute atomic E-state index is 0.181. The number of hydrogen-bond acceptors (Lipinski definition) is 3. The van der Waals surface area contributed by atoms with E-state index in [-0.39, 0.29) is 11.5 Å². The number of amides is 1.